The van der Waals surface area contributed by atoms with Gasteiger partial charge in [0.2, 0.25) is 24.7 Å². The number of nitrogens with zero attached hydrogens (tertiary/aromatic N) is 3. The summed E-state index contributed by atoms with van der Waals surface area (Å²) in [4.78, 5) is 33.7. The molecule has 0 atom stereocenters. The summed E-state index contributed by atoms with van der Waals surface area (Å²) in [6.07, 6.45) is -3.17. The summed E-state index contributed by atoms with van der Waals surface area (Å²) in [5.41, 5.74) is -0.696. The molecule has 1 saturated carbocycles. The van der Waals surface area contributed by atoms with E-state index in [4.69, 9.17) is 4.74 Å². The lowest BCUT2D eigenvalue weighted by atomic mass is 9.87. The molecule has 46 heavy (non-hydrogen) atoms. The number of aromatic nitrogens is 3. The Bertz CT molecular complexity index is 1470. The van der Waals surface area contributed by atoms with Crippen LogP contribution < -0.4 is 20.7 Å². The van der Waals surface area contributed by atoms with E-state index in [0.717, 1.165) is 31.7 Å². The molecule has 1 fully saturated rings. The van der Waals surface area contributed by atoms with Gasteiger partial charge in [0.15, 0.2) is 12.3 Å². The van der Waals surface area contributed by atoms with Gasteiger partial charge in [-0.05, 0) is 61.8 Å². The molecule has 9 nitrogen and oxygen atoms in total. The molecule has 254 valence electrons. The molecule has 0 saturated heterocycles. The lowest BCUT2D eigenvalue weighted by Gasteiger charge is -2.27. The van der Waals surface area contributed by atoms with Gasteiger partial charge in [-0.1, -0.05) is 19.9 Å². The lowest BCUT2D eigenvalue weighted by molar-refractivity contribution is -0.137. The monoisotopic (exact) mass is 662 g/mol. The van der Waals surface area contributed by atoms with Gasteiger partial charge in [-0.25, -0.2) is 22.5 Å². The number of ether oxygens (including phenoxy) is 1. The smallest absolute Gasteiger partial charge is 0.418 e. The van der Waals surface area contributed by atoms with Crippen LogP contribution in [0.5, 0.6) is 5.88 Å². The van der Waals surface area contributed by atoms with E-state index in [9.17, 15) is 40.3 Å². The summed E-state index contributed by atoms with van der Waals surface area (Å²) >= 11 is 0. The number of amides is 2. The van der Waals surface area contributed by atoms with Crippen LogP contribution in [0, 0.1) is 5.92 Å². The van der Waals surface area contributed by atoms with Crippen molar-refractivity contribution in [3.05, 3.63) is 41.0 Å². The SMILES string of the molecule is CCCC(=O)NCc1ccc(C(F)(F)F)c(Nc2nc3cc(C(=O)NC4CCC(C)CC4)c(OCC(F)F)nc3n2C)c1.FCF. The third kappa shape index (κ3) is 9.94. The molecule has 1 aliphatic carbocycles. The number of aryl methyl sites for hydroxylation is 1. The van der Waals surface area contributed by atoms with Gasteiger partial charge in [0.05, 0.1) is 11.3 Å². The molecule has 3 N–H and O–H groups in total. The fourth-order valence-corrected chi connectivity index (χ4v) is 4.98. The number of carbonyl (C=O) groups is 2. The Labute approximate surface area is 261 Å². The molecule has 0 spiro atoms. The summed E-state index contributed by atoms with van der Waals surface area (Å²) in [5.74, 6) is -0.603. The number of fused-ring (bicyclic) bond motifs is 1. The van der Waals surface area contributed by atoms with E-state index in [1.54, 1.807) is 0 Å². The van der Waals surface area contributed by atoms with Crippen LogP contribution in [0.1, 0.15) is 73.9 Å². The largest absolute Gasteiger partial charge is 0.471 e. The van der Waals surface area contributed by atoms with E-state index in [-0.39, 0.29) is 52.7 Å². The molecule has 0 bridgehead atoms. The molecule has 1 aliphatic rings. The Kier molecular flexibility index (Phi) is 13.0. The average molecular weight is 663 g/mol. The Balaban J connectivity index is 0.00000185. The number of anilines is 2. The van der Waals surface area contributed by atoms with Crippen LogP contribution >= 0.6 is 0 Å². The van der Waals surface area contributed by atoms with Crippen molar-refractivity contribution in [3.8, 4) is 5.88 Å². The molecular formula is C30H37F7N6O3. The zero-order valence-electron chi connectivity index (χ0n) is 25.6. The summed E-state index contributed by atoms with van der Waals surface area (Å²) in [5, 5.41) is 8.28. The van der Waals surface area contributed by atoms with Crippen molar-refractivity contribution in [1.29, 1.82) is 0 Å². The minimum Gasteiger partial charge on any atom is -0.471 e. The van der Waals surface area contributed by atoms with Crippen LogP contribution in [0.4, 0.5) is 42.4 Å². The number of benzene rings is 1. The van der Waals surface area contributed by atoms with E-state index >= 15 is 0 Å². The fraction of sp³-hybridized carbons (Fsp3) is 0.533. The van der Waals surface area contributed by atoms with E-state index in [2.05, 4.69) is 32.8 Å². The predicted octanol–water partition coefficient (Wildman–Crippen LogP) is 6.98. The number of imidazole rings is 1. The van der Waals surface area contributed by atoms with Crippen molar-refractivity contribution in [2.45, 2.75) is 77.6 Å². The highest BCUT2D eigenvalue weighted by Crippen LogP contribution is 2.37. The van der Waals surface area contributed by atoms with Crippen LogP contribution in [0.2, 0.25) is 0 Å². The molecule has 2 heterocycles. The average Bonchev–Trinajstić information content (AvgIpc) is 3.29. The van der Waals surface area contributed by atoms with Gasteiger partial charge < -0.3 is 20.7 Å². The number of rotatable bonds is 11. The van der Waals surface area contributed by atoms with Crippen molar-refractivity contribution in [2.24, 2.45) is 13.0 Å². The maximum absolute atomic E-state index is 13.9. The van der Waals surface area contributed by atoms with Crippen molar-refractivity contribution < 1.29 is 45.1 Å². The van der Waals surface area contributed by atoms with E-state index in [1.165, 1.54) is 29.8 Å². The van der Waals surface area contributed by atoms with Gasteiger partial charge in [-0.3, -0.25) is 14.2 Å². The number of pyridine rings is 1. The first kappa shape index (κ1) is 36.4. The highest BCUT2D eigenvalue weighted by molar-refractivity contribution is 5.99. The highest BCUT2D eigenvalue weighted by atomic mass is 19.4. The van der Waals surface area contributed by atoms with E-state index < -0.39 is 37.6 Å². The molecule has 0 radical (unpaired) electrons. The second kappa shape index (κ2) is 16.5. The maximum atomic E-state index is 13.9. The second-order valence-corrected chi connectivity index (χ2v) is 10.9. The van der Waals surface area contributed by atoms with Gasteiger partial charge in [-0.15, -0.1) is 0 Å². The quantitative estimate of drug-likeness (QED) is 0.191. The van der Waals surface area contributed by atoms with Gasteiger partial charge in [0.1, 0.15) is 11.1 Å². The van der Waals surface area contributed by atoms with E-state index in [0.29, 0.717) is 24.3 Å². The number of nitrogens with one attached hydrogen (secondary N) is 3. The molecule has 4 rings (SSSR count). The van der Waals surface area contributed by atoms with Crippen LogP contribution in [0.25, 0.3) is 11.2 Å². The van der Waals surface area contributed by atoms with Gasteiger partial charge in [0.25, 0.3) is 12.3 Å². The van der Waals surface area contributed by atoms with Crippen molar-refractivity contribution in [3.63, 3.8) is 0 Å². The third-order valence-corrected chi connectivity index (χ3v) is 7.35. The molecule has 1 aromatic carbocycles. The van der Waals surface area contributed by atoms with E-state index in [1.807, 2.05) is 6.92 Å². The maximum Gasteiger partial charge on any atom is 0.418 e. The zero-order chi connectivity index (χ0) is 34.0. The topological polar surface area (TPSA) is 110 Å². The Morgan fingerprint density at radius 2 is 1.76 bits per heavy atom. The second-order valence-electron chi connectivity index (χ2n) is 10.9. The minimum atomic E-state index is -4.70. The van der Waals surface area contributed by atoms with Crippen LogP contribution in [-0.4, -0.2) is 52.4 Å². The number of carbonyl (C=O) groups excluding carboxylic acids is 2. The standard InChI is InChI=1S/C29H35F5N6O3.CH2F2/c1-4-5-24(41)35-14-17-8-11-20(29(32,33)34)21(12-17)37-28-38-22-13-19(26(42)36-18-9-6-16(2)7-10-18)27(43-15-23(30)31)39-25(22)40(28)3;2-1-3/h8,11-13,16,18,23H,4-7,9-10,14-15H2,1-3H3,(H,35,41)(H,36,42)(H,37,38);1H2. The third-order valence-electron chi connectivity index (χ3n) is 7.35. The number of halogens is 7. The number of alkyl halides is 7. The molecule has 2 aromatic heterocycles. The van der Waals surface area contributed by atoms with Crippen molar-refractivity contribution in [1.82, 2.24) is 25.2 Å². The van der Waals surface area contributed by atoms with Crippen LogP contribution in [0.15, 0.2) is 24.3 Å². The van der Waals surface area contributed by atoms with Gasteiger partial charge in [0, 0.05) is 26.1 Å². The van der Waals surface area contributed by atoms with Gasteiger partial charge in [-0.2, -0.15) is 18.2 Å². The molecule has 2 amide bonds. The Hall–Kier alpha value is -4.11. The molecule has 0 aliphatic heterocycles. The molecular weight excluding hydrogens is 625 g/mol. The number of hydrogen-bond acceptors (Lipinski definition) is 6. The van der Waals surface area contributed by atoms with Crippen molar-refractivity contribution in [2.75, 3.05) is 18.9 Å². The van der Waals surface area contributed by atoms with Crippen LogP contribution in [0.3, 0.4) is 0 Å². The summed E-state index contributed by atoms with van der Waals surface area (Å²) < 4.78 is 93.5. The normalized spacial score (nSPS) is 16.5. The fourth-order valence-electron chi connectivity index (χ4n) is 4.98. The first-order valence-corrected chi connectivity index (χ1v) is 14.7. The molecule has 3 aromatic rings. The Morgan fingerprint density at radius 1 is 1.09 bits per heavy atom. The summed E-state index contributed by atoms with van der Waals surface area (Å²) in [6.45, 7) is 1.25. The minimum absolute atomic E-state index is 0.0267. The van der Waals surface area contributed by atoms with Crippen molar-refractivity contribution >= 4 is 34.6 Å². The highest BCUT2D eigenvalue weighted by Gasteiger charge is 2.34. The number of hydrogen-bond donors (Lipinski definition) is 3. The first-order chi connectivity index (χ1) is 21.8. The summed E-state index contributed by atoms with van der Waals surface area (Å²) in [7, 11) is 1.48. The molecule has 0 unspecified atom stereocenters. The first-order valence-electron chi connectivity index (χ1n) is 14.7. The lowest BCUT2D eigenvalue weighted by Crippen LogP contribution is -2.37. The Morgan fingerprint density at radius 3 is 2.37 bits per heavy atom. The summed E-state index contributed by atoms with van der Waals surface area (Å²) in [6, 6.07) is 4.70. The van der Waals surface area contributed by atoms with Gasteiger partial charge >= 0.3 is 6.18 Å². The zero-order valence-corrected chi connectivity index (χ0v) is 25.6. The molecule has 16 heteroatoms. The van der Waals surface area contributed by atoms with Crippen LogP contribution in [-0.2, 0) is 24.6 Å². The predicted molar refractivity (Wildman–Crippen MR) is 157 cm³/mol.